The Morgan fingerprint density at radius 3 is 2.74 bits per heavy atom. The molecule has 0 atom stereocenters. The Kier molecular flexibility index (Phi) is 3.85. The zero-order chi connectivity index (χ0) is 13.8. The molecule has 2 rings (SSSR count). The fraction of sp³-hybridized carbons (Fsp3) is 0.286. The number of aryl methyl sites for hydroxylation is 2. The Labute approximate surface area is 111 Å². The number of hydrogen-bond acceptors (Lipinski definition) is 5. The minimum absolute atomic E-state index is 0.337. The summed E-state index contributed by atoms with van der Waals surface area (Å²) in [5, 5.41) is 0. The first-order valence-electron chi connectivity index (χ1n) is 6.05. The van der Waals surface area contributed by atoms with Gasteiger partial charge < -0.3 is 4.74 Å². The Morgan fingerprint density at radius 2 is 2.11 bits per heavy atom. The maximum atomic E-state index is 11.7. The smallest absolute Gasteiger partial charge is 0.341 e. The van der Waals surface area contributed by atoms with E-state index in [-0.39, 0.29) is 0 Å². The Hall–Kier alpha value is -2.30. The van der Waals surface area contributed by atoms with Crippen molar-refractivity contribution < 1.29 is 9.53 Å². The average molecular weight is 257 g/mol. The molecule has 0 spiro atoms. The zero-order valence-corrected chi connectivity index (χ0v) is 11.2. The molecule has 0 fully saturated rings. The number of carbonyl (C=O) groups is 1. The van der Waals surface area contributed by atoms with Crippen molar-refractivity contribution in [2.24, 2.45) is 0 Å². The van der Waals surface area contributed by atoms with E-state index in [1.165, 1.54) is 6.20 Å². The first kappa shape index (κ1) is 13.1. The van der Waals surface area contributed by atoms with Crippen LogP contribution in [0, 0.1) is 13.8 Å². The van der Waals surface area contributed by atoms with E-state index >= 15 is 0 Å². The van der Waals surface area contributed by atoms with Crippen molar-refractivity contribution in [1.29, 1.82) is 0 Å². The van der Waals surface area contributed by atoms with Crippen LogP contribution in [0.25, 0.3) is 11.4 Å². The van der Waals surface area contributed by atoms with Crippen molar-refractivity contribution in [3.8, 4) is 11.4 Å². The van der Waals surface area contributed by atoms with Gasteiger partial charge in [-0.15, -0.1) is 0 Å². The highest BCUT2D eigenvalue weighted by Gasteiger charge is 2.14. The monoisotopic (exact) mass is 257 g/mol. The lowest BCUT2D eigenvalue weighted by molar-refractivity contribution is 0.0524. The van der Waals surface area contributed by atoms with E-state index in [4.69, 9.17) is 4.74 Å². The summed E-state index contributed by atoms with van der Waals surface area (Å²) in [5.74, 6) is 0.198. The van der Waals surface area contributed by atoms with E-state index in [1.807, 2.05) is 13.0 Å². The Balaban J connectivity index is 2.39. The van der Waals surface area contributed by atoms with Gasteiger partial charge in [0.2, 0.25) is 0 Å². The molecule has 0 aliphatic carbocycles. The quantitative estimate of drug-likeness (QED) is 0.789. The van der Waals surface area contributed by atoms with Gasteiger partial charge in [0.05, 0.1) is 17.9 Å². The molecular formula is C14H15N3O2. The SMILES string of the molecule is CCOC(=O)c1cnc(-c2ccncc2C)nc1C. The summed E-state index contributed by atoms with van der Waals surface area (Å²) >= 11 is 0. The molecule has 0 unspecified atom stereocenters. The van der Waals surface area contributed by atoms with Crippen LogP contribution in [-0.4, -0.2) is 27.5 Å². The van der Waals surface area contributed by atoms with Gasteiger partial charge in [0.1, 0.15) is 0 Å². The lowest BCUT2D eigenvalue weighted by Gasteiger charge is -2.07. The van der Waals surface area contributed by atoms with Gasteiger partial charge in [-0.05, 0) is 32.4 Å². The molecule has 19 heavy (non-hydrogen) atoms. The van der Waals surface area contributed by atoms with Crippen molar-refractivity contribution in [2.45, 2.75) is 20.8 Å². The van der Waals surface area contributed by atoms with Gasteiger partial charge in [0.15, 0.2) is 5.82 Å². The van der Waals surface area contributed by atoms with Crippen LogP contribution in [0.1, 0.15) is 28.5 Å². The predicted octanol–water partition coefficient (Wildman–Crippen LogP) is 2.33. The summed E-state index contributed by atoms with van der Waals surface area (Å²) in [5.41, 5.74) is 2.91. The Bertz CT molecular complexity index is 611. The van der Waals surface area contributed by atoms with Crippen molar-refractivity contribution >= 4 is 5.97 Å². The molecule has 0 bridgehead atoms. The summed E-state index contributed by atoms with van der Waals surface area (Å²) < 4.78 is 4.95. The van der Waals surface area contributed by atoms with Gasteiger partial charge in [-0.25, -0.2) is 14.8 Å². The maximum Gasteiger partial charge on any atom is 0.341 e. The predicted molar refractivity (Wildman–Crippen MR) is 70.7 cm³/mol. The summed E-state index contributed by atoms with van der Waals surface area (Å²) in [7, 11) is 0. The fourth-order valence-electron chi connectivity index (χ4n) is 1.73. The van der Waals surface area contributed by atoms with Crippen LogP contribution in [0.2, 0.25) is 0 Å². The molecule has 5 nitrogen and oxygen atoms in total. The minimum atomic E-state index is -0.391. The number of nitrogens with zero attached hydrogens (tertiary/aromatic N) is 3. The van der Waals surface area contributed by atoms with Crippen LogP contribution in [-0.2, 0) is 4.74 Å². The fourth-order valence-corrected chi connectivity index (χ4v) is 1.73. The molecule has 0 saturated heterocycles. The first-order valence-corrected chi connectivity index (χ1v) is 6.05. The highest BCUT2D eigenvalue weighted by Crippen LogP contribution is 2.19. The van der Waals surface area contributed by atoms with Crippen molar-refractivity contribution in [1.82, 2.24) is 15.0 Å². The maximum absolute atomic E-state index is 11.7. The third-order valence-electron chi connectivity index (χ3n) is 2.74. The number of ether oxygens (including phenoxy) is 1. The summed E-state index contributed by atoms with van der Waals surface area (Å²) in [6, 6.07) is 1.86. The molecule has 0 amide bonds. The molecular weight excluding hydrogens is 242 g/mol. The van der Waals surface area contributed by atoms with Crippen LogP contribution in [0.3, 0.4) is 0 Å². The van der Waals surface area contributed by atoms with Gasteiger partial charge in [0.25, 0.3) is 0 Å². The highest BCUT2D eigenvalue weighted by atomic mass is 16.5. The number of esters is 1. The van der Waals surface area contributed by atoms with Crippen LogP contribution >= 0.6 is 0 Å². The number of carbonyl (C=O) groups excluding carboxylic acids is 1. The summed E-state index contributed by atoms with van der Waals surface area (Å²) in [6.07, 6.45) is 4.96. The van der Waals surface area contributed by atoms with Crippen LogP contribution < -0.4 is 0 Å². The second-order valence-corrected chi connectivity index (χ2v) is 4.10. The molecule has 2 heterocycles. The Morgan fingerprint density at radius 1 is 1.32 bits per heavy atom. The normalized spacial score (nSPS) is 10.3. The van der Waals surface area contributed by atoms with Gasteiger partial charge in [-0.3, -0.25) is 4.98 Å². The number of pyridine rings is 1. The minimum Gasteiger partial charge on any atom is -0.462 e. The van der Waals surface area contributed by atoms with E-state index in [9.17, 15) is 4.79 Å². The molecule has 98 valence electrons. The lowest BCUT2D eigenvalue weighted by atomic mass is 10.1. The lowest BCUT2D eigenvalue weighted by Crippen LogP contribution is -2.09. The largest absolute Gasteiger partial charge is 0.462 e. The average Bonchev–Trinajstić information content (AvgIpc) is 2.39. The van der Waals surface area contributed by atoms with Gasteiger partial charge in [0, 0.05) is 24.2 Å². The number of rotatable bonds is 3. The molecule has 2 aromatic heterocycles. The topological polar surface area (TPSA) is 65.0 Å². The molecule has 0 aliphatic rings. The van der Waals surface area contributed by atoms with Gasteiger partial charge in [-0.1, -0.05) is 0 Å². The number of aromatic nitrogens is 3. The van der Waals surface area contributed by atoms with Crippen LogP contribution in [0.5, 0.6) is 0 Å². The van der Waals surface area contributed by atoms with E-state index in [0.29, 0.717) is 23.7 Å². The van der Waals surface area contributed by atoms with Gasteiger partial charge >= 0.3 is 5.97 Å². The third-order valence-corrected chi connectivity index (χ3v) is 2.74. The van der Waals surface area contributed by atoms with Crippen molar-refractivity contribution in [3.05, 3.63) is 41.5 Å². The highest BCUT2D eigenvalue weighted by molar-refractivity contribution is 5.90. The molecule has 5 heteroatoms. The summed E-state index contributed by atoms with van der Waals surface area (Å²) in [4.78, 5) is 24.3. The van der Waals surface area contributed by atoms with Gasteiger partial charge in [-0.2, -0.15) is 0 Å². The van der Waals surface area contributed by atoms with E-state index < -0.39 is 5.97 Å². The molecule has 0 saturated carbocycles. The second kappa shape index (κ2) is 5.56. The molecule has 2 aromatic rings. The molecule has 0 aromatic carbocycles. The van der Waals surface area contributed by atoms with Crippen LogP contribution in [0.15, 0.2) is 24.7 Å². The molecule has 0 N–H and O–H groups in total. The van der Waals surface area contributed by atoms with E-state index in [2.05, 4.69) is 15.0 Å². The standard InChI is InChI=1S/C14H15N3O2/c1-4-19-14(18)12-8-16-13(17-10(12)3)11-5-6-15-7-9(11)2/h5-8H,4H2,1-3H3. The van der Waals surface area contributed by atoms with E-state index in [1.54, 1.807) is 26.2 Å². The van der Waals surface area contributed by atoms with Crippen molar-refractivity contribution in [3.63, 3.8) is 0 Å². The second-order valence-electron chi connectivity index (χ2n) is 4.10. The molecule has 0 aliphatic heterocycles. The first-order chi connectivity index (χ1) is 9.13. The number of hydrogen-bond donors (Lipinski definition) is 0. The zero-order valence-electron chi connectivity index (χ0n) is 11.2. The van der Waals surface area contributed by atoms with E-state index in [0.717, 1.165) is 11.1 Å². The third kappa shape index (κ3) is 2.76. The van der Waals surface area contributed by atoms with Crippen molar-refractivity contribution in [2.75, 3.05) is 6.61 Å². The molecule has 0 radical (unpaired) electrons. The van der Waals surface area contributed by atoms with Crippen LogP contribution in [0.4, 0.5) is 0 Å². The summed E-state index contributed by atoms with van der Waals surface area (Å²) in [6.45, 7) is 5.82.